The van der Waals surface area contributed by atoms with Crippen LogP contribution in [0.15, 0.2) is 18.2 Å². The Labute approximate surface area is 126 Å². The maximum Gasteiger partial charge on any atom is 0.319 e. The smallest absolute Gasteiger partial charge is 0.319 e. The number of benzene rings is 1. The van der Waals surface area contributed by atoms with E-state index in [1.807, 2.05) is 0 Å². The summed E-state index contributed by atoms with van der Waals surface area (Å²) >= 11 is 11.8. The van der Waals surface area contributed by atoms with Crippen LogP contribution in [0.3, 0.4) is 0 Å². The Hall–Kier alpha value is -1.46. The van der Waals surface area contributed by atoms with Crippen LogP contribution < -0.4 is 10.6 Å². The summed E-state index contributed by atoms with van der Waals surface area (Å²) in [5, 5.41) is 15.1. The number of rotatable bonds is 3. The first-order valence-electron chi connectivity index (χ1n) is 6.23. The van der Waals surface area contributed by atoms with Crippen molar-refractivity contribution in [3.63, 3.8) is 0 Å². The standard InChI is InChI=1S/C13H14Cl2N2O3/c14-7-4-5-9(15)11(6-7)17-13(20)16-10-3-1-2-8(10)12(18)19/h4-6,8,10H,1-3H2,(H,18,19)(H2,16,17,20). The molecule has 2 rings (SSSR count). The quantitative estimate of drug-likeness (QED) is 0.800. The number of urea groups is 1. The Balaban J connectivity index is 1.99. The molecule has 1 fully saturated rings. The predicted octanol–water partition coefficient (Wildman–Crippen LogP) is 3.37. The highest BCUT2D eigenvalue weighted by Crippen LogP contribution is 2.27. The summed E-state index contributed by atoms with van der Waals surface area (Å²) in [6.07, 6.45) is 2.03. The number of nitrogens with one attached hydrogen (secondary N) is 2. The van der Waals surface area contributed by atoms with Crippen LogP contribution in [-0.2, 0) is 4.79 Å². The van der Waals surface area contributed by atoms with Gasteiger partial charge in [-0.3, -0.25) is 4.79 Å². The molecule has 0 radical (unpaired) electrons. The van der Waals surface area contributed by atoms with E-state index in [2.05, 4.69) is 10.6 Å². The molecular formula is C13H14Cl2N2O3. The summed E-state index contributed by atoms with van der Waals surface area (Å²) in [6, 6.07) is 3.89. The monoisotopic (exact) mass is 316 g/mol. The fraction of sp³-hybridized carbons (Fsp3) is 0.385. The van der Waals surface area contributed by atoms with Crippen LogP contribution in [0.1, 0.15) is 19.3 Å². The molecule has 0 spiro atoms. The second-order valence-corrected chi connectivity index (χ2v) is 5.55. The number of hydrogen-bond donors (Lipinski definition) is 3. The first-order valence-corrected chi connectivity index (χ1v) is 6.98. The van der Waals surface area contributed by atoms with Gasteiger partial charge >= 0.3 is 12.0 Å². The average Bonchev–Trinajstić information content (AvgIpc) is 2.82. The second-order valence-electron chi connectivity index (χ2n) is 4.70. The Morgan fingerprint density at radius 1 is 1.25 bits per heavy atom. The summed E-state index contributed by atoms with van der Waals surface area (Å²) in [4.78, 5) is 22.9. The molecule has 108 valence electrons. The molecule has 5 nitrogen and oxygen atoms in total. The average molecular weight is 317 g/mol. The third-order valence-electron chi connectivity index (χ3n) is 3.33. The first-order chi connectivity index (χ1) is 9.47. The first kappa shape index (κ1) is 14.9. The van der Waals surface area contributed by atoms with Gasteiger partial charge in [0.25, 0.3) is 0 Å². The van der Waals surface area contributed by atoms with E-state index in [9.17, 15) is 9.59 Å². The fourth-order valence-electron chi connectivity index (χ4n) is 2.35. The van der Waals surface area contributed by atoms with E-state index in [1.54, 1.807) is 12.1 Å². The lowest BCUT2D eigenvalue weighted by atomic mass is 10.0. The van der Waals surface area contributed by atoms with Crippen LogP contribution in [0.5, 0.6) is 0 Å². The van der Waals surface area contributed by atoms with Gasteiger partial charge < -0.3 is 15.7 Å². The van der Waals surface area contributed by atoms with Crippen molar-refractivity contribution in [1.82, 2.24) is 5.32 Å². The van der Waals surface area contributed by atoms with Gasteiger partial charge in [0.05, 0.1) is 16.6 Å². The molecule has 0 aromatic heterocycles. The van der Waals surface area contributed by atoms with Gasteiger partial charge in [0.1, 0.15) is 0 Å². The van der Waals surface area contributed by atoms with Crippen LogP contribution >= 0.6 is 23.2 Å². The highest BCUT2D eigenvalue weighted by Gasteiger charge is 2.33. The van der Waals surface area contributed by atoms with Crippen LogP contribution in [0.2, 0.25) is 10.0 Å². The summed E-state index contributed by atoms with van der Waals surface area (Å²) in [6.45, 7) is 0. The zero-order valence-corrected chi connectivity index (χ0v) is 12.0. The fourth-order valence-corrected chi connectivity index (χ4v) is 2.69. The second kappa shape index (κ2) is 6.33. The molecule has 0 heterocycles. The Kier molecular flexibility index (Phi) is 4.73. The maximum atomic E-state index is 11.9. The Morgan fingerprint density at radius 3 is 2.70 bits per heavy atom. The van der Waals surface area contributed by atoms with Crippen molar-refractivity contribution in [1.29, 1.82) is 0 Å². The molecule has 3 N–H and O–H groups in total. The lowest BCUT2D eigenvalue weighted by Gasteiger charge is -2.18. The van der Waals surface area contributed by atoms with Crippen molar-refractivity contribution in [3.8, 4) is 0 Å². The van der Waals surface area contributed by atoms with Crippen molar-refractivity contribution in [2.75, 3.05) is 5.32 Å². The molecular weight excluding hydrogens is 303 g/mol. The highest BCUT2D eigenvalue weighted by molar-refractivity contribution is 6.35. The van der Waals surface area contributed by atoms with E-state index in [0.29, 0.717) is 28.6 Å². The van der Waals surface area contributed by atoms with E-state index in [0.717, 1.165) is 6.42 Å². The zero-order valence-electron chi connectivity index (χ0n) is 10.5. The van der Waals surface area contributed by atoms with Gasteiger partial charge in [0.2, 0.25) is 0 Å². The van der Waals surface area contributed by atoms with Crippen LogP contribution in [0, 0.1) is 5.92 Å². The van der Waals surface area contributed by atoms with E-state index in [1.165, 1.54) is 6.07 Å². The van der Waals surface area contributed by atoms with Gasteiger partial charge in [0, 0.05) is 11.1 Å². The molecule has 2 atom stereocenters. The van der Waals surface area contributed by atoms with E-state index in [4.69, 9.17) is 28.3 Å². The Bertz CT molecular complexity index is 536. The molecule has 1 saturated carbocycles. The normalized spacial score (nSPS) is 21.5. The third-order valence-corrected chi connectivity index (χ3v) is 3.89. The number of carbonyl (C=O) groups is 2. The van der Waals surface area contributed by atoms with Crippen molar-refractivity contribution in [3.05, 3.63) is 28.2 Å². The molecule has 1 aromatic rings. The number of carbonyl (C=O) groups excluding carboxylic acids is 1. The minimum atomic E-state index is -0.881. The molecule has 20 heavy (non-hydrogen) atoms. The van der Waals surface area contributed by atoms with Crippen molar-refractivity contribution >= 4 is 40.9 Å². The van der Waals surface area contributed by atoms with Gasteiger partial charge in [0.15, 0.2) is 0 Å². The summed E-state index contributed by atoms with van der Waals surface area (Å²) in [7, 11) is 0. The summed E-state index contributed by atoms with van der Waals surface area (Å²) < 4.78 is 0. The molecule has 1 aliphatic rings. The number of carboxylic acids is 1. The van der Waals surface area contributed by atoms with Gasteiger partial charge in [-0.15, -0.1) is 0 Å². The van der Waals surface area contributed by atoms with Crippen LogP contribution in [0.25, 0.3) is 0 Å². The lowest BCUT2D eigenvalue weighted by Crippen LogP contribution is -2.42. The number of aliphatic carboxylic acids is 1. The molecule has 1 aliphatic carbocycles. The third kappa shape index (κ3) is 3.55. The topological polar surface area (TPSA) is 78.4 Å². The minimum absolute atomic E-state index is 0.356. The van der Waals surface area contributed by atoms with Crippen LogP contribution in [0.4, 0.5) is 10.5 Å². The van der Waals surface area contributed by atoms with Gasteiger partial charge in [-0.25, -0.2) is 4.79 Å². The van der Waals surface area contributed by atoms with Crippen LogP contribution in [-0.4, -0.2) is 23.1 Å². The van der Waals surface area contributed by atoms with Gasteiger partial charge in [-0.2, -0.15) is 0 Å². The zero-order chi connectivity index (χ0) is 14.7. The molecule has 0 saturated heterocycles. The van der Waals surface area contributed by atoms with Gasteiger partial charge in [-0.1, -0.05) is 29.6 Å². The number of anilines is 1. The largest absolute Gasteiger partial charge is 0.481 e. The number of amides is 2. The molecule has 0 aliphatic heterocycles. The molecule has 7 heteroatoms. The number of halogens is 2. The molecule has 1 aromatic carbocycles. The van der Waals surface area contributed by atoms with E-state index >= 15 is 0 Å². The summed E-state index contributed by atoms with van der Waals surface area (Å²) in [5.41, 5.74) is 0.390. The minimum Gasteiger partial charge on any atom is -0.481 e. The van der Waals surface area contributed by atoms with Crippen molar-refractivity contribution in [2.24, 2.45) is 5.92 Å². The maximum absolute atomic E-state index is 11.9. The van der Waals surface area contributed by atoms with Crippen molar-refractivity contribution in [2.45, 2.75) is 25.3 Å². The Morgan fingerprint density at radius 2 is 2.00 bits per heavy atom. The summed E-state index contributed by atoms with van der Waals surface area (Å²) in [5.74, 6) is -1.41. The highest BCUT2D eigenvalue weighted by atomic mass is 35.5. The number of carboxylic acid groups (broad SMARTS) is 1. The van der Waals surface area contributed by atoms with E-state index in [-0.39, 0.29) is 6.04 Å². The SMILES string of the molecule is O=C(Nc1cc(Cl)ccc1Cl)NC1CCCC1C(=O)O. The van der Waals surface area contributed by atoms with E-state index < -0.39 is 17.9 Å². The molecule has 2 amide bonds. The van der Waals surface area contributed by atoms with Crippen molar-refractivity contribution < 1.29 is 14.7 Å². The lowest BCUT2D eigenvalue weighted by molar-refractivity contribution is -0.142. The predicted molar refractivity (Wildman–Crippen MR) is 77.4 cm³/mol. The number of hydrogen-bond acceptors (Lipinski definition) is 2. The van der Waals surface area contributed by atoms with Gasteiger partial charge in [-0.05, 0) is 31.0 Å². The molecule has 0 bridgehead atoms. The molecule has 2 unspecified atom stereocenters.